The van der Waals surface area contributed by atoms with Crippen LogP contribution < -0.4 is 5.32 Å². The molecule has 2 rings (SSSR count). The van der Waals surface area contributed by atoms with Crippen molar-refractivity contribution in [3.8, 4) is 0 Å². The predicted molar refractivity (Wildman–Crippen MR) is 93.3 cm³/mol. The molecule has 1 aliphatic carbocycles. The van der Waals surface area contributed by atoms with Crippen LogP contribution in [0.25, 0.3) is 0 Å². The summed E-state index contributed by atoms with van der Waals surface area (Å²) in [5.41, 5.74) is 0.659. The summed E-state index contributed by atoms with van der Waals surface area (Å²) < 4.78 is 0. The number of nitrogens with one attached hydrogen (secondary N) is 1. The number of likely N-dealkylation sites (tertiary alicyclic amines) is 1. The van der Waals surface area contributed by atoms with Gasteiger partial charge in [0.25, 0.3) is 0 Å². The Labute approximate surface area is 135 Å². The van der Waals surface area contributed by atoms with Crippen molar-refractivity contribution in [3.63, 3.8) is 0 Å². The largest absolute Gasteiger partial charge is 0.356 e. The minimum absolute atomic E-state index is 0. The fraction of sp³-hybridized carbons (Fsp3) is 0.933. The second-order valence-electron chi connectivity index (χ2n) is 6.14. The minimum atomic E-state index is 0. The van der Waals surface area contributed by atoms with Crippen LogP contribution in [0.1, 0.15) is 52.4 Å². The lowest BCUT2D eigenvalue weighted by Crippen LogP contribution is -2.43. The zero-order valence-corrected chi connectivity index (χ0v) is 15.1. The highest BCUT2D eigenvalue weighted by atomic mass is 127. The summed E-state index contributed by atoms with van der Waals surface area (Å²) in [6.45, 7) is 8.05. The van der Waals surface area contributed by atoms with Gasteiger partial charge in [-0.25, -0.2) is 0 Å². The van der Waals surface area contributed by atoms with E-state index >= 15 is 0 Å². The summed E-state index contributed by atoms with van der Waals surface area (Å²) in [6.07, 6.45) is 8.20. The Morgan fingerprint density at radius 2 is 1.95 bits per heavy atom. The van der Waals surface area contributed by atoms with Gasteiger partial charge in [-0.1, -0.05) is 33.1 Å². The summed E-state index contributed by atoms with van der Waals surface area (Å²) in [7, 11) is 1.92. The summed E-state index contributed by atoms with van der Waals surface area (Å²) in [6, 6.07) is 0. The highest BCUT2D eigenvalue weighted by Crippen LogP contribution is 2.47. The molecule has 0 aromatic rings. The van der Waals surface area contributed by atoms with E-state index in [0.717, 1.165) is 18.4 Å². The first-order valence-electron chi connectivity index (χ1n) is 7.68. The molecule has 2 aliphatic rings. The van der Waals surface area contributed by atoms with E-state index in [1.54, 1.807) is 0 Å². The number of aliphatic imine (C=N–C) groups is 1. The molecule has 1 spiro atoms. The summed E-state index contributed by atoms with van der Waals surface area (Å²) in [5, 5.41) is 3.58. The number of hydrogen-bond acceptors (Lipinski definition) is 1. The normalized spacial score (nSPS) is 21.5. The molecule has 0 amide bonds. The number of nitrogens with zero attached hydrogens (tertiary/aromatic N) is 2. The third-order valence-electron chi connectivity index (χ3n) is 5.07. The van der Waals surface area contributed by atoms with Crippen LogP contribution in [0, 0.1) is 11.3 Å². The minimum Gasteiger partial charge on any atom is -0.356 e. The molecule has 19 heavy (non-hydrogen) atoms. The van der Waals surface area contributed by atoms with Crippen molar-refractivity contribution in [3.05, 3.63) is 0 Å². The Kier molecular flexibility index (Phi) is 6.91. The average molecular weight is 379 g/mol. The molecule has 1 aliphatic heterocycles. The van der Waals surface area contributed by atoms with E-state index in [2.05, 4.69) is 29.1 Å². The SMILES string of the molecule is CCC(CC)CNC(=NC)N1CCC2(CCC2)C1.I. The molecule has 0 aromatic carbocycles. The highest BCUT2D eigenvalue weighted by Gasteiger charge is 2.43. The maximum Gasteiger partial charge on any atom is 0.193 e. The maximum absolute atomic E-state index is 4.47. The first kappa shape index (κ1) is 17.1. The molecular formula is C15H30IN3. The van der Waals surface area contributed by atoms with Gasteiger partial charge in [0.1, 0.15) is 0 Å². The number of rotatable bonds is 4. The molecule has 1 saturated carbocycles. The molecule has 0 unspecified atom stereocenters. The Hall–Kier alpha value is 0. The van der Waals surface area contributed by atoms with Gasteiger partial charge in [-0.2, -0.15) is 0 Å². The zero-order valence-electron chi connectivity index (χ0n) is 12.7. The van der Waals surface area contributed by atoms with Crippen LogP contribution in [0.3, 0.4) is 0 Å². The van der Waals surface area contributed by atoms with Crippen molar-refractivity contribution in [2.75, 3.05) is 26.7 Å². The predicted octanol–water partition coefficient (Wildman–Crippen LogP) is 3.49. The van der Waals surface area contributed by atoms with Crippen molar-refractivity contribution < 1.29 is 0 Å². The van der Waals surface area contributed by atoms with Gasteiger partial charge in [0.05, 0.1) is 0 Å². The van der Waals surface area contributed by atoms with Crippen LogP contribution in [-0.2, 0) is 0 Å². The van der Waals surface area contributed by atoms with Gasteiger partial charge < -0.3 is 10.2 Å². The van der Waals surface area contributed by atoms with Gasteiger partial charge in [-0.15, -0.1) is 24.0 Å². The molecule has 0 aromatic heterocycles. The fourth-order valence-electron chi connectivity index (χ4n) is 3.35. The van der Waals surface area contributed by atoms with Crippen molar-refractivity contribution in [2.24, 2.45) is 16.3 Å². The molecule has 0 atom stereocenters. The Morgan fingerprint density at radius 3 is 2.37 bits per heavy atom. The lowest BCUT2D eigenvalue weighted by atomic mass is 9.68. The van der Waals surface area contributed by atoms with Crippen molar-refractivity contribution in [1.82, 2.24) is 10.2 Å². The summed E-state index contributed by atoms with van der Waals surface area (Å²) >= 11 is 0. The lowest BCUT2D eigenvalue weighted by molar-refractivity contribution is 0.151. The molecule has 0 bridgehead atoms. The van der Waals surface area contributed by atoms with E-state index in [1.165, 1.54) is 51.6 Å². The molecule has 0 radical (unpaired) electrons. The molecule has 1 heterocycles. The average Bonchev–Trinajstić information content (AvgIpc) is 2.80. The number of halogens is 1. The van der Waals surface area contributed by atoms with Crippen molar-refractivity contribution in [2.45, 2.75) is 52.4 Å². The monoisotopic (exact) mass is 379 g/mol. The lowest BCUT2D eigenvalue weighted by Gasteiger charge is -2.38. The van der Waals surface area contributed by atoms with Gasteiger partial charge in [-0.3, -0.25) is 4.99 Å². The van der Waals surface area contributed by atoms with E-state index in [-0.39, 0.29) is 24.0 Å². The van der Waals surface area contributed by atoms with Gasteiger partial charge in [0.15, 0.2) is 5.96 Å². The third kappa shape index (κ3) is 3.99. The first-order valence-corrected chi connectivity index (χ1v) is 7.68. The first-order chi connectivity index (χ1) is 8.73. The number of guanidine groups is 1. The topological polar surface area (TPSA) is 27.6 Å². The quantitative estimate of drug-likeness (QED) is 0.460. The standard InChI is InChI=1S/C15H29N3.HI/c1-4-13(5-2)11-17-14(16-3)18-10-9-15(12-18)7-6-8-15;/h13H,4-12H2,1-3H3,(H,16,17);1H. The Balaban J connectivity index is 0.00000180. The molecule has 2 fully saturated rings. The van der Waals surface area contributed by atoms with Crippen LogP contribution in [0.2, 0.25) is 0 Å². The molecule has 4 heteroatoms. The van der Waals surface area contributed by atoms with Crippen molar-refractivity contribution >= 4 is 29.9 Å². The molecule has 1 N–H and O–H groups in total. The van der Waals surface area contributed by atoms with Gasteiger partial charge in [-0.05, 0) is 30.6 Å². The third-order valence-corrected chi connectivity index (χ3v) is 5.07. The fourth-order valence-corrected chi connectivity index (χ4v) is 3.35. The smallest absolute Gasteiger partial charge is 0.193 e. The second kappa shape index (κ2) is 7.70. The van der Waals surface area contributed by atoms with Gasteiger partial charge >= 0.3 is 0 Å². The maximum atomic E-state index is 4.47. The van der Waals surface area contributed by atoms with E-state index in [9.17, 15) is 0 Å². The molecule has 1 saturated heterocycles. The van der Waals surface area contributed by atoms with Gasteiger partial charge in [0.2, 0.25) is 0 Å². The van der Waals surface area contributed by atoms with Crippen molar-refractivity contribution in [1.29, 1.82) is 0 Å². The highest BCUT2D eigenvalue weighted by molar-refractivity contribution is 14.0. The van der Waals surface area contributed by atoms with E-state index in [0.29, 0.717) is 5.41 Å². The van der Waals surface area contributed by atoms with Crippen LogP contribution in [0.4, 0.5) is 0 Å². The molecule has 112 valence electrons. The van der Waals surface area contributed by atoms with Crippen LogP contribution in [-0.4, -0.2) is 37.5 Å². The Morgan fingerprint density at radius 1 is 1.26 bits per heavy atom. The Bertz CT molecular complexity index is 296. The zero-order chi connectivity index (χ0) is 13.0. The molecular weight excluding hydrogens is 349 g/mol. The molecule has 3 nitrogen and oxygen atoms in total. The van der Waals surface area contributed by atoms with E-state index in [1.807, 2.05) is 7.05 Å². The van der Waals surface area contributed by atoms with E-state index < -0.39 is 0 Å². The number of hydrogen-bond donors (Lipinski definition) is 1. The van der Waals surface area contributed by atoms with Gasteiger partial charge in [0, 0.05) is 26.7 Å². The van der Waals surface area contributed by atoms with Crippen LogP contribution >= 0.6 is 24.0 Å². The van der Waals surface area contributed by atoms with Crippen LogP contribution in [0.15, 0.2) is 4.99 Å². The van der Waals surface area contributed by atoms with E-state index in [4.69, 9.17) is 0 Å². The second-order valence-corrected chi connectivity index (χ2v) is 6.14. The summed E-state index contributed by atoms with van der Waals surface area (Å²) in [5.74, 6) is 1.91. The van der Waals surface area contributed by atoms with Crippen LogP contribution in [0.5, 0.6) is 0 Å². The summed E-state index contributed by atoms with van der Waals surface area (Å²) in [4.78, 5) is 6.94.